The lowest BCUT2D eigenvalue weighted by atomic mass is 10.2. The van der Waals surface area contributed by atoms with Gasteiger partial charge in [0.25, 0.3) is 0 Å². The third-order valence-corrected chi connectivity index (χ3v) is 7.20. The molecule has 0 bridgehead atoms. The Hall–Kier alpha value is -1.67. The van der Waals surface area contributed by atoms with Crippen LogP contribution in [0.3, 0.4) is 0 Å². The number of thiazole rings is 1. The maximum absolute atomic E-state index is 12.2. The van der Waals surface area contributed by atoms with E-state index in [0.717, 1.165) is 5.56 Å². The molecular weight excluding hydrogens is 427 g/mol. The molecule has 0 spiro atoms. The van der Waals surface area contributed by atoms with E-state index in [4.69, 9.17) is 23.2 Å². The Morgan fingerprint density at radius 2 is 1.78 bits per heavy atom. The lowest BCUT2D eigenvalue weighted by Crippen LogP contribution is -2.15. The first-order valence-electron chi connectivity index (χ1n) is 8.13. The van der Waals surface area contributed by atoms with Crippen molar-refractivity contribution in [3.05, 3.63) is 58.1 Å². The van der Waals surface area contributed by atoms with Crippen LogP contribution < -0.4 is 5.32 Å². The zero-order valence-electron chi connectivity index (χ0n) is 14.1. The summed E-state index contributed by atoms with van der Waals surface area (Å²) in [5.74, 6) is -0.367. The van der Waals surface area contributed by atoms with Gasteiger partial charge in [-0.1, -0.05) is 64.9 Å². The summed E-state index contributed by atoms with van der Waals surface area (Å²) < 4.78 is 25.0. The summed E-state index contributed by atoms with van der Waals surface area (Å²) in [6, 6.07) is 12.3. The zero-order valence-corrected chi connectivity index (χ0v) is 17.3. The molecule has 9 heteroatoms. The maximum atomic E-state index is 12.2. The van der Waals surface area contributed by atoms with Crippen LogP contribution in [0.1, 0.15) is 18.4 Å². The Kier molecular flexibility index (Phi) is 6.37. The smallest absolute Gasteiger partial charge is 0.226 e. The molecule has 1 aromatic heterocycles. The molecule has 2 aromatic carbocycles. The Morgan fingerprint density at radius 3 is 2.48 bits per heavy atom. The number of sulfone groups is 1. The standard InChI is InChI=1S/C18H16Cl2N2O3S2/c19-13-8-9-14(20)17-16(13)22-18(26-17)21-15(23)7-4-10-27(24,25)11-12-5-2-1-3-6-12/h1-3,5-6,8-9H,4,7,10-11H2,(H,21,22,23). The number of rotatable bonds is 7. The molecule has 0 radical (unpaired) electrons. The quantitative estimate of drug-likeness (QED) is 0.562. The topological polar surface area (TPSA) is 76.1 Å². The van der Waals surface area contributed by atoms with Crippen LogP contribution in [0.25, 0.3) is 10.2 Å². The summed E-state index contributed by atoms with van der Waals surface area (Å²) in [5, 5.41) is 4.03. The molecule has 3 rings (SSSR count). The molecule has 3 aromatic rings. The van der Waals surface area contributed by atoms with E-state index in [1.807, 2.05) is 6.07 Å². The summed E-state index contributed by atoms with van der Waals surface area (Å²) >= 11 is 13.4. The van der Waals surface area contributed by atoms with Crippen molar-refractivity contribution >= 4 is 65.6 Å². The predicted molar refractivity (Wildman–Crippen MR) is 111 cm³/mol. The van der Waals surface area contributed by atoms with E-state index in [1.54, 1.807) is 36.4 Å². The van der Waals surface area contributed by atoms with Gasteiger partial charge in [-0.25, -0.2) is 13.4 Å². The van der Waals surface area contributed by atoms with Crippen LogP contribution >= 0.6 is 34.5 Å². The Bertz CT molecular complexity index is 1030. The molecule has 0 aliphatic heterocycles. The predicted octanol–water partition coefficient (Wildman–Crippen LogP) is 4.94. The summed E-state index contributed by atoms with van der Waals surface area (Å²) in [5.41, 5.74) is 1.28. The average Bonchev–Trinajstić information content (AvgIpc) is 3.03. The van der Waals surface area contributed by atoms with Crippen molar-refractivity contribution in [3.8, 4) is 0 Å². The lowest BCUT2D eigenvalue weighted by Gasteiger charge is -2.05. The van der Waals surface area contributed by atoms with Crippen molar-refractivity contribution in [1.29, 1.82) is 0 Å². The van der Waals surface area contributed by atoms with Crippen molar-refractivity contribution in [2.45, 2.75) is 18.6 Å². The number of amides is 1. The summed E-state index contributed by atoms with van der Waals surface area (Å²) in [6.07, 6.45) is 0.332. The lowest BCUT2D eigenvalue weighted by molar-refractivity contribution is -0.116. The summed E-state index contributed by atoms with van der Waals surface area (Å²) in [7, 11) is -3.26. The van der Waals surface area contributed by atoms with Gasteiger partial charge in [-0.3, -0.25) is 4.79 Å². The average molecular weight is 443 g/mol. The Labute approximate surface area is 171 Å². The fourth-order valence-corrected chi connectivity index (χ4v) is 5.40. The molecule has 1 amide bonds. The monoisotopic (exact) mass is 442 g/mol. The highest BCUT2D eigenvalue weighted by Crippen LogP contribution is 2.36. The highest BCUT2D eigenvalue weighted by molar-refractivity contribution is 7.90. The van der Waals surface area contributed by atoms with Crippen LogP contribution in [0.5, 0.6) is 0 Å². The van der Waals surface area contributed by atoms with Crippen LogP contribution in [0.4, 0.5) is 5.13 Å². The van der Waals surface area contributed by atoms with Gasteiger partial charge >= 0.3 is 0 Å². The van der Waals surface area contributed by atoms with Crippen molar-refractivity contribution in [1.82, 2.24) is 4.98 Å². The maximum Gasteiger partial charge on any atom is 0.226 e. The van der Waals surface area contributed by atoms with E-state index in [2.05, 4.69) is 10.3 Å². The normalized spacial score (nSPS) is 11.6. The van der Waals surface area contributed by atoms with E-state index < -0.39 is 9.84 Å². The molecule has 0 saturated carbocycles. The molecule has 1 heterocycles. The number of hydrogen-bond acceptors (Lipinski definition) is 5. The largest absolute Gasteiger partial charge is 0.302 e. The van der Waals surface area contributed by atoms with Crippen LogP contribution in [0, 0.1) is 0 Å². The minimum Gasteiger partial charge on any atom is -0.302 e. The third kappa shape index (κ3) is 5.42. The summed E-state index contributed by atoms with van der Waals surface area (Å²) in [4.78, 5) is 16.4. The zero-order chi connectivity index (χ0) is 19.4. The highest BCUT2D eigenvalue weighted by Gasteiger charge is 2.15. The molecule has 1 N–H and O–H groups in total. The van der Waals surface area contributed by atoms with E-state index >= 15 is 0 Å². The van der Waals surface area contributed by atoms with Crippen molar-refractivity contribution in [3.63, 3.8) is 0 Å². The van der Waals surface area contributed by atoms with Gasteiger partial charge in [0.2, 0.25) is 5.91 Å². The van der Waals surface area contributed by atoms with Gasteiger partial charge < -0.3 is 5.32 Å². The number of aromatic nitrogens is 1. The molecular formula is C18H16Cl2N2O3S2. The molecule has 27 heavy (non-hydrogen) atoms. The number of hydrogen-bond donors (Lipinski definition) is 1. The first-order chi connectivity index (χ1) is 12.8. The summed E-state index contributed by atoms with van der Waals surface area (Å²) in [6.45, 7) is 0. The van der Waals surface area contributed by atoms with E-state index in [-0.39, 0.29) is 30.3 Å². The van der Waals surface area contributed by atoms with Gasteiger partial charge in [-0.05, 0) is 24.1 Å². The molecule has 0 aliphatic rings. The number of carbonyl (C=O) groups is 1. The van der Waals surface area contributed by atoms with E-state index in [0.29, 0.717) is 25.4 Å². The van der Waals surface area contributed by atoms with Crippen LogP contribution in [-0.2, 0) is 20.4 Å². The second kappa shape index (κ2) is 8.56. The SMILES string of the molecule is O=C(CCCS(=O)(=O)Cc1ccccc1)Nc1nc2c(Cl)ccc(Cl)c2s1. The molecule has 5 nitrogen and oxygen atoms in total. The molecule has 0 atom stereocenters. The van der Waals surface area contributed by atoms with Gasteiger partial charge in [-0.15, -0.1) is 0 Å². The second-order valence-corrected chi connectivity index (χ2v) is 9.95. The van der Waals surface area contributed by atoms with Gasteiger partial charge in [0.1, 0.15) is 5.52 Å². The first kappa shape index (κ1) is 20.1. The van der Waals surface area contributed by atoms with E-state index in [1.165, 1.54) is 11.3 Å². The number of halogens is 2. The molecule has 0 aliphatic carbocycles. The first-order valence-corrected chi connectivity index (χ1v) is 11.5. The van der Waals surface area contributed by atoms with Crippen LogP contribution in [0.15, 0.2) is 42.5 Å². The fourth-order valence-electron chi connectivity index (χ4n) is 2.53. The van der Waals surface area contributed by atoms with Gasteiger partial charge in [0.15, 0.2) is 15.0 Å². The van der Waals surface area contributed by atoms with Crippen LogP contribution in [-0.4, -0.2) is 25.1 Å². The highest BCUT2D eigenvalue weighted by atomic mass is 35.5. The third-order valence-electron chi connectivity index (χ3n) is 3.78. The number of anilines is 1. The van der Waals surface area contributed by atoms with Crippen molar-refractivity contribution < 1.29 is 13.2 Å². The second-order valence-electron chi connectivity index (χ2n) is 5.96. The van der Waals surface area contributed by atoms with Crippen molar-refractivity contribution in [2.75, 3.05) is 11.1 Å². The number of carbonyl (C=O) groups excluding carboxylic acids is 1. The fraction of sp³-hybridized carbons (Fsp3) is 0.222. The number of fused-ring (bicyclic) bond motifs is 1. The number of nitrogens with zero attached hydrogens (tertiary/aromatic N) is 1. The Balaban J connectivity index is 1.54. The van der Waals surface area contributed by atoms with E-state index in [9.17, 15) is 13.2 Å². The molecule has 142 valence electrons. The minimum atomic E-state index is -3.26. The van der Waals surface area contributed by atoms with Crippen molar-refractivity contribution in [2.24, 2.45) is 0 Å². The number of benzene rings is 2. The molecule has 0 unspecified atom stereocenters. The minimum absolute atomic E-state index is 0.0235. The van der Waals surface area contributed by atoms with Gasteiger partial charge in [-0.2, -0.15) is 0 Å². The molecule has 0 saturated heterocycles. The molecule has 0 fully saturated rings. The van der Waals surface area contributed by atoms with Gasteiger partial charge in [0, 0.05) is 6.42 Å². The number of nitrogens with one attached hydrogen (secondary N) is 1. The Morgan fingerprint density at radius 1 is 1.07 bits per heavy atom. The van der Waals surface area contributed by atoms with Gasteiger partial charge in [0.05, 0.1) is 26.3 Å². The van der Waals surface area contributed by atoms with Crippen LogP contribution in [0.2, 0.25) is 10.0 Å².